The summed E-state index contributed by atoms with van der Waals surface area (Å²) in [6.45, 7) is 3.46. The van der Waals surface area contributed by atoms with Crippen LogP contribution in [0, 0.1) is 0 Å². The summed E-state index contributed by atoms with van der Waals surface area (Å²) in [7, 11) is 0. The van der Waals surface area contributed by atoms with Crippen LogP contribution in [0.15, 0.2) is 52.4 Å². The fourth-order valence-electron chi connectivity index (χ4n) is 4.66. The summed E-state index contributed by atoms with van der Waals surface area (Å²) in [5, 5.41) is 23.3. The number of nitrogens with zero attached hydrogens (tertiary/aromatic N) is 5. The topological polar surface area (TPSA) is 196 Å². The Morgan fingerprint density at radius 2 is 2.20 bits per heavy atom. The highest BCUT2D eigenvalue weighted by Gasteiger charge is 2.53. The summed E-state index contributed by atoms with van der Waals surface area (Å²) in [5.41, 5.74) is 12.6. The van der Waals surface area contributed by atoms with E-state index in [9.17, 15) is 19.5 Å². The van der Waals surface area contributed by atoms with Crippen molar-refractivity contribution in [1.29, 1.82) is 0 Å². The highest BCUT2D eigenvalue weighted by molar-refractivity contribution is 8.00. The Morgan fingerprint density at radius 1 is 1.37 bits per heavy atom. The van der Waals surface area contributed by atoms with Crippen LogP contribution in [0.4, 0.5) is 10.9 Å². The lowest BCUT2D eigenvalue weighted by molar-refractivity contribution is -0.662. The average molecular weight is 600 g/mol. The summed E-state index contributed by atoms with van der Waals surface area (Å²) >= 11 is 2.49. The van der Waals surface area contributed by atoms with Crippen molar-refractivity contribution < 1.29 is 28.9 Å². The fourth-order valence-corrected chi connectivity index (χ4v) is 6.54. The van der Waals surface area contributed by atoms with E-state index in [1.54, 1.807) is 12.3 Å². The Bertz CT molecular complexity index is 1550. The molecule has 1 fully saturated rings. The number of nitrogen functional groups attached to an aromatic ring is 1. The van der Waals surface area contributed by atoms with Crippen LogP contribution in [0.1, 0.15) is 19.0 Å². The number of aliphatic carboxylic acids is 1. The number of carboxylic acid groups (broad SMARTS) is 1. The number of imidazole rings is 1. The second-order valence-corrected chi connectivity index (χ2v) is 11.2. The molecule has 2 aliphatic rings. The van der Waals surface area contributed by atoms with E-state index in [2.05, 4.69) is 20.8 Å². The Hall–Kier alpha value is -4.15. The monoisotopic (exact) mass is 599 g/mol. The number of nitrogens with two attached hydrogens (primary N) is 2. The molecule has 3 aromatic heterocycles. The maximum absolute atomic E-state index is 13.2. The summed E-state index contributed by atoms with van der Waals surface area (Å²) in [4.78, 5) is 48.9. The number of oxime groups is 1. The molecule has 41 heavy (non-hydrogen) atoms. The van der Waals surface area contributed by atoms with Crippen LogP contribution in [0.25, 0.3) is 5.65 Å². The first-order chi connectivity index (χ1) is 19.8. The van der Waals surface area contributed by atoms with Gasteiger partial charge in [-0.15, -0.1) is 23.1 Å². The normalized spacial score (nSPS) is 18.7. The molecule has 0 unspecified atom stereocenters. The van der Waals surface area contributed by atoms with E-state index in [4.69, 9.17) is 16.3 Å². The molecule has 2 amide bonds. The first-order valence-electron chi connectivity index (χ1n) is 12.9. The van der Waals surface area contributed by atoms with E-state index in [-0.39, 0.29) is 35.4 Å². The molecule has 16 heteroatoms. The van der Waals surface area contributed by atoms with Gasteiger partial charge in [-0.2, -0.15) is 4.40 Å². The SMILES string of the molecule is CCO/N=C(\C(=O)N[C@@H]1C(=O)N2C(C(=O)[O-])=C(C[n+]3ccn4c(NCCCN)cccc43)CS[C@H]12)c1csc(N)n1. The molecule has 6 N–H and O–H groups in total. The molecule has 14 nitrogen and oxygen atoms in total. The lowest BCUT2D eigenvalue weighted by Crippen LogP contribution is -2.71. The lowest BCUT2D eigenvalue weighted by atomic mass is 10.0. The van der Waals surface area contributed by atoms with Crippen LogP contribution in [0.5, 0.6) is 0 Å². The third kappa shape index (κ3) is 5.57. The van der Waals surface area contributed by atoms with Crippen molar-refractivity contribution in [1.82, 2.24) is 19.6 Å². The van der Waals surface area contributed by atoms with E-state index >= 15 is 0 Å². The number of carboxylic acids is 1. The first kappa shape index (κ1) is 28.4. The second-order valence-electron chi connectivity index (χ2n) is 9.16. The number of aromatic nitrogens is 3. The van der Waals surface area contributed by atoms with Gasteiger partial charge < -0.3 is 36.8 Å². The number of thiazole rings is 1. The predicted octanol–water partition coefficient (Wildman–Crippen LogP) is -1.13. The van der Waals surface area contributed by atoms with Gasteiger partial charge in [0.15, 0.2) is 16.7 Å². The van der Waals surface area contributed by atoms with Crippen LogP contribution in [0.3, 0.4) is 0 Å². The van der Waals surface area contributed by atoms with Gasteiger partial charge in [-0.25, -0.2) is 9.55 Å². The summed E-state index contributed by atoms with van der Waals surface area (Å²) in [5.74, 6) is -1.48. The molecule has 1 saturated heterocycles. The smallest absolute Gasteiger partial charge is 0.288 e. The molecular weight excluding hydrogens is 570 g/mol. The van der Waals surface area contributed by atoms with Gasteiger partial charge in [0.2, 0.25) is 0 Å². The van der Waals surface area contributed by atoms with Gasteiger partial charge in [0, 0.05) is 35.4 Å². The highest BCUT2D eigenvalue weighted by atomic mass is 32.2. The number of rotatable bonds is 12. The standard InChI is InChI=1S/C25H29N9O5S2/c1-2-39-31-18(15-13-41-25(27)29-15)21(35)30-19-22(36)34-20(24(37)38)14(12-40-23(19)34)11-32-9-10-33-16(28-8-4-7-26)5-3-6-17(32)33/h3,5-6,9-10,13,19,23H,2,4,7-8,11-12,26H2,1H3,(H4,27,29,30,35,37,38)/b31-18-/t19-,23-/m1/s1. The van der Waals surface area contributed by atoms with Crippen LogP contribution >= 0.6 is 23.1 Å². The Labute approximate surface area is 243 Å². The maximum Gasteiger partial charge on any atom is 0.288 e. The van der Waals surface area contributed by atoms with E-state index in [0.29, 0.717) is 17.9 Å². The van der Waals surface area contributed by atoms with E-state index in [1.165, 1.54) is 16.7 Å². The van der Waals surface area contributed by atoms with E-state index in [1.807, 2.05) is 39.6 Å². The number of amides is 2. The van der Waals surface area contributed by atoms with Gasteiger partial charge in [-0.3, -0.25) is 14.5 Å². The number of nitrogens with one attached hydrogen (secondary N) is 2. The Morgan fingerprint density at radius 3 is 2.90 bits per heavy atom. The van der Waals surface area contributed by atoms with Gasteiger partial charge in [0.25, 0.3) is 17.5 Å². The number of hydrogen-bond donors (Lipinski definition) is 4. The zero-order valence-corrected chi connectivity index (χ0v) is 23.7. The van der Waals surface area contributed by atoms with Crippen molar-refractivity contribution in [3.63, 3.8) is 0 Å². The minimum atomic E-state index is -1.45. The number of anilines is 2. The van der Waals surface area contributed by atoms with Crippen molar-refractivity contribution in [2.45, 2.75) is 31.3 Å². The molecule has 0 aliphatic carbocycles. The summed E-state index contributed by atoms with van der Waals surface area (Å²) in [6.07, 6.45) is 4.56. The molecule has 0 saturated carbocycles. The highest BCUT2D eigenvalue weighted by Crippen LogP contribution is 2.40. The third-order valence-electron chi connectivity index (χ3n) is 6.54. The van der Waals surface area contributed by atoms with Crippen LogP contribution in [-0.2, 0) is 25.8 Å². The number of fused-ring (bicyclic) bond motifs is 2. The molecule has 0 aromatic carbocycles. The molecule has 0 bridgehead atoms. The maximum atomic E-state index is 13.2. The van der Waals surface area contributed by atoms with Gasteiger partial charge in [0.1, 0.15) is 42.7 Å². The number of hydrogen-bond acceptors (Lipinski definition) is 12. The number of thioether (sulfide) groups is 1. The van der Waals surface area contributed by atoms with Crippen LogP contribution < -0.4 is 31.8 Å². The van der Waals surface area contributed by atoms with E-state index in [0.717, 1.165) is 35.8 Å². The van der Waals surface area contributed by atoms with Crippen molar-refractivity contribution in [3.8, 4) is 0 Å². The molecule has 0 radical (unpaired) electrons. The Kier molecular flexibility index (Phi) is 8.41. The molecule has 216 valence electrons. The van der Waals surface area contributed by atoms with Crippen molar-refractivity contribution in [2.24, 2.45) is 10.9 Å². The van der Waals surface area contributed by atoms with E-state index < -0.39 is 29.2 Å². The number of pyridine rings is 1. The van der Waals surface area contributed by atoms with Crippen molar-refractivity contribution in [3.05, 3.63) is 52.9 Å². The molecular formula is C25H29N9O5S2. The largest absolute Gasteiger partial charge is 0.543 e. The molecule has 2 atom stereocenters. The quantitative estimate of drug-likeness (QED) is 0.0650. The Balaban J connectivity index is 1.35. The van der Waals surface area contributed by atoms with Gasteiger partial charge in [0.05, 0.1) is 11.7 Å². The zero-order chi connectivity index (χ0) is 29.1. The van der Waals surface area contributed by atoms with Gasteiger partial charge in [-0.05, 0) is 26.0 Å². The molecule has 5 heterocycles. The van der Waals surface area contributed by atoms with Gasteiger partial charge >= 0.3 is 0 Å². The summed E-state index contributed by atoms with van der Waals surface area (Å²) in [6, 6.07) is 4.81. The van der Waals surface area contributed by atoms with Crippen molar-refractivity contribution >= 4 is 63.2 Å². The zero-order valence-electron chi connectivity index (χ0n) is 22.1. The fraction of sp³-hybridized carbons (Fsp3) is 0.360. The molecule has 0 spiro atoms. The number of β-lactam (4-membered cyclic amide) rings is 1. The lowest BCUT2D eigenvalue weighted by Gasteiger charge is -2.50. The minimum Gasteiger partial charge on any atom is -0.543 e. The number of carbonyl (C=O) groups excluding carboxylic acids is 3. The second kappa shape index (κ2) is 12.2. The van der Waals surface area contributed by atoms with Crippen LogP contribution in [0.2, 0.25) is 0 Å². The van der Waals surface area contributed by atoms with Crippen LogP contribution in [-0.4, -0.2) is 74.6 Å². The summed E-state index contributed by atoms with van der Waals surface area (Å²) < 4.78 is 3.87. The molecule has 5 rings (SSSR count). The average Bonchev–Trinajstić information content (AvgIpc) is 3.58. The third-order valence-corrected chi connectivity index (χ3v) is 8.55. The van der Waals surface area contributed by atoms with Crippen molar-refractivity contribution in [2.75, 3.05) is 36.5 Å². The first-order valence-corrected chi connectivity index (χ1v) is 14.8. The molecule has 3 aromatic rings. The predicted molar refractivity (Wildman–Crippen MR) is 151 cm³/mol. The number of carbonyl (C=O) groups is 3. The minimum absolute atomic E-state index is 0.128. The molecule has 2 aliphatic heterocycles. The van der Waals surface area contributed by atoms with Gasteiger partial charge in [-0.1, -0.05) is 5.16 Å².